The smallest absolute Gasteiger partial charge is 0.320 e. The molecular formula is C28H31N5O2. The van der Waals surface area contributed by atoms with E-state index in [-0.39, 0.29) is 18.0 Å². The van der Waals surface area contributed by atoms with Gasteiger partial charge in [0.05, 0.1) is 12.6 Å². The number of urea groups is 1. The van der Waals surface area contributed by atoms with Gasteiger partial charge in [0.15, 0.2) is 0 Å². The topological polar surface area (TPSA) is 70.9 Å². The minimum absolute atomic E-state index is 0.0182. The number of aryl methyl sites for hydroxylation is 1. The Kier molecular flexibility index (Phi) is 6.79. The average molecular weight is 470 g/mol. The van der Waals surface area contributed by atoms with Gasteiger partial charge in [-0.05, 0) is 24.1 Å². The summed E-state index contributed by atoms with van der Waals surface area (Å²) in [5, 5.41) is 6.38. The summed E-state index contributed by atoms with van der Waals surface area (Å²) in [6, 6.07) is 24.1. The molecule has 0 bridgehead atoms. The maximum Gasteiger partial charge on any atom is 0.320 e. The Labute approximate surface area is 205 Å². The van der Waals surface area contributed by atoms with Crippen LogP contribution in [-0.4, -0.2) is 59.7 Å². The SMILES string of the molecule is COCCN1C[C@H](NC(=O)Nc2c(-c3ccccc3)nc3ccc(C)cn23)[C@@H](c2ccccc2)C1. The monoisotopic (exact) mass is 469 g/mol. The Morgan fingerprint density at radius 2 is 1.77 bits per heavy atom. The van der Waals surface area contributed by atoms with Gasteiger partial charge in [0.2, 0.25) is 0 Å². The fourth-order valence-electron chi connectivity index (χ4n) is 4.85. The third-order valence-corrected chi connectivity index (χ3v) is 6.60. The molecule has 0 unspecified atom stereocenters. The van der Waals surface area contributed by atoms with Crippen LogP contribution >= 0.6 is 0 Å². The van der Waals surface area contributed by atoms with Crippen LogP contribution in [0.25, 0.3) is 16.9 Å². The summed E-state index contributed by atoms with van der Waals surface area (Å²) < 4.78 is 7.24. The number of hydrogen-bond donors (Lipinski definition) is 2. The van der Waals surface area contributed by atoms with Gasteiger partial charge >= 0.3 is 6.03 Å². The maximum atomic E-state index is 13.4. The number of aromatic nitrogens is 2. The number of benzene rings is 2. The van der Waals surface area contributed by atoms with Crippen molar-refractivity contribution in [2.24, 2.45) is 0 Å². The number of pyridine rings is 1. The summed E-state index contributed by atoms with van der Waals surface area (Å²) in [6.07, 6.45) is 2.00. The van der Waals surface area contributed by atoms with Crippen LogP contribution in [0, 0.1) is 6.92 Å². The number of nitrogens with zero attached hydrogens (tertiary/aromatic N) is 3. The first kappa shape index (κ1) is 23.1. The lowest BCUT2D eigenvalue weighted by molar-refractivity contribution is 0.159. The van der Waals surface area contributed by atoms with E-state index in [2.05, 4.69) is 39.8 Å². The van der Waals surface area contributed by atoms with E-state index in [0.717, 1.165) is 42.1 Å². The lowest BCUT2D eigenvalue weighted by atomic mass is 9.94. The van der Waals surface area contributed by atoms with Gasteiger partial charge in [0.25, 0.3) is 0 Å². The van der Waals surface area contributed by atoms with Crippen molar-refractivity contribution in [3.8, 4) is 11.3 Å². The molecule has 1 aliphatic heterocycles. The van der Waals surface area contributed by atoms with Gasteiger partial charge in [-0.1, -0.05) is 66.7 Å². The van der Waals surface area contributed by atoms with E-state index in [1.54, 1.807) is 7.11 Å². The Morgan fingerprint density at radius 3 is 2.51 bits per heavy atom. The number of carbonyl (C=O) groups excluding carboxylic acids is 1. The van der Waals surface area contributed by atoms with Crippen LogP contribution in [0.3, 0.4) is 0 Å². The predicted molar refractivity (Wildman–Crippen MR) is 139 cm³/mol. The summed E-state index contributed by atoms with van der Waals surface area (Å²) in [4.78, 5) is 20.5. The number of anilines is 1. The third kappa shape index (κ3) is 5.06. The van der Waals surface area contributed by atoms with Crippen molar-refractivity contribution in [2.75, 3.05) is 38.7 Å². The molecule has 1 aliphatic rings. The quantitative estimate of drug-likeness (QED) is 0.417. The molecule has 0 aliphatic carbocycles. The number of nitrogens with one attached hydrogen (secondary N) is 2. The molecule has 2 aromatic carbocycles. The zero-order valence-corrected chi connectivity index (χ0v) is 20.1. The highest BCUT2D eigenvalue weighted by atomic mass is 16.5. The van der Waals surface area contributed by atoms with E-state index in [4.69, 9.17) is 9.72 Å². The van der Waals surface area contributed by atoms with Crippen LogP contribution in [0.15, 0.2) is 79.0 Å². The van der Waals surface area contributed by atoms with Crippen molar-refractivity contribution in [3.05, 3.63) is 90.1 Å². The molecule has 35 heavy (non-hydrogen) atoms. The second kappa shape index (κ2) is 10.3. The van der Waals surface area contributed by atoms with Crippen molar-refractivity contribution in [2.45, 2.75) is 18.9 Å². The molecule has 1 saturated heterocycles. The van der Waals surface area contributed by atoms with Crippen molar-refractivity contribution < 1.29 is 9.53 Å². The first-order valence-electron chi connectivity index (χ1n) is 12.0. The Bertz CT molecular complexity index is 1290. The number of amides is 2. The molecule has 2 N–H and O–H groups in total. The summed E-state index contributed by atoms with van der Waals surface area (Å²) in [5.41, 5.74) is 4.82. The van der Waals surface area contributed by atoms with Gasteiger partial charge in [-0.3, -0.25) is 14.6 Å². The van der Waals surface area contributed by atoms with Crippen molar-refractivity contribution >= 4 is 17.5 Å². The van der Waals surface area contributed by atoms with Crippen molar-refractivity contribution in [1.82, 2.24) is 19.6 Å². The highest BCUT2D eigenvalue weighted by molar-refractivity contribution is 5.93. The second-order valence-electron chi connectivity index (χ2n) is 9.08. The van der Waals surface area contributed by atoms with Gasteiger partial charge in [-0.25, -0.2) is 9.78 Å². The summed E-state index contributed by atoms with van der Waals surface area (Å²) in [5.74, 6) is 0.870. The maximum absolute atomic E-state index is 13.4. The van der Waals surface area contributed by atoms with Crippen LogP contribution in [-0.2, 0) is 4.74 Å². The Balaban J connectivity index is 1.41. The molecule has 0 spiro atoms. The molecular weight excluding hydrogens is 438 g/mol. The number of carbonyl (C=O) groups is 1. The standard InChI is InChI=1S/C28H31N5O2/c1-20-13-14-25-30-26(22-11-7-4-8-12-22)27(33(25)17-20)31-28(34)29-24-19-32(15-16-35-2)18-23(24)21-9-5-3-6-10-21/h3-14,17,23-24H,15-16,18-19H2,1-2H3,(H2,29,31,34)/t23-,24+/m1/s1. The fraction of sp³-hybridized carbons (Fsp3) is 0.286. The molecule has 4 aromatic rings. The van der Waals surface area contributed by atoms with E-state index >= 15 is 0 Å². The van der Waals surface area contributed by atoms with E-state index < -0.39 is 0 Å². The Hall–Kier alpha value is -3.68. The van der Waals surface area contributed by atoms with E-state index in [0.29, 0.717) is 12.4 Å². The third-order valence-electron chi connectivity index (χ3n) is 6.60. The highest BCUT2D eigenvalue weighted by Gasteiger charge is 2.34. The largest absolute Gasteiger partial charge is 0.383 e. The van der Waals surface area contributed by atoms with Gasteiger partial charge < -0.3 is 10.1 Å². The molecule has 0 radical (unpaired) electrons. The number of ether oxygens (including phenoxy) is 1. The zero-order chi connectivity index (χ0) is 24.2. The molecule has 0 saturated carbocycles. The molecule has 180 valence electrons. The minimum atomic E-state index is -0.231. The van der Waals surface area contributed by atoms with Gasteiger partial charge in [-0.2, -0.15) is 0 Å². The number of fused-ring (bicyclic) bond motifs is 1. The van der Waals surface area contributed by atoms with Crippen LogP contribution in [0.5, 0.6) is 0 Å². The first-order chi connectivity index (χ1) is 17.1. The predicted octanol–water partition coefficient (Wildman–Crippen LogP) is 4.55. The van der Waals surface area contributed by atoms with E-state index in [1.165, 1.54) is 5.56 Å². The molecule has 1 fully saturated rings. The molecule has 2 amide bonds. The minimum Gasteiger partial charge on any atom is -0.383 e. The summed E-state index contributed by atoms with van der Waals surface area (Å²) in [7, 11) is 1.72. The van der Waals surface area contributed by atoms with Gasteiger partial charge in [0.1, 0.15) is 17.2 Å². The summed E-state index contributed by atoms with van der Waals surface area (Å²) in [6.45, 7) is 5.19. The van der Waals surface area contributed by atoms with E-state index in [1.807, 2.05) is 66.1 Å². The molecule has 3 heterocycles. The molecule has 2 aromatic heterocycles. The first-order valence-corrected chi connectivity index (χ1v) is 12.0. The number of methoxy groups -OCH3 is 1. The van der Waals surface area contributed by atoms with Crippen LogP contribution in [0.1, 0.15) is 17.0 Å². The number of hydrogen-bond acceptors (Lipinski definition) is 4. The van der Waals surface area contributed by atoms with Crippen LogP contribution < -0.4 is 10.6 Å². The van der Waals surface area contributed by atoms with Crippen molar-refractivity contribution in [3.63, 3.8) is 0 Å². The fourth-order valence-corrected chi connectivity index (χ4v) is 4.85. The molecule has 7 nitrogen and oxygen atoms in total. The normalized spacial score (nSPS) is 18.1. The number of likely N-dealkylation sites (tertiary alicyclic amines) is 1. The summed E-state index contributed by atoms with van der Waals surface area (Å²) >= 11 is 0. The van der Waals surface area contributed by atoms with Crippen molar-refractivity contribution in [1.29, 1.82) is 0 Å². The van der Waals surface area contributed by atoms with E-state index in [9.17, 15) is 4.79 Å². The molecule has 2 atom stereocenters. The highest BCUT2D eigenvalue weighted by Crippen LogP contribution is 2.30. The lowest BCUT2D eigenvalue weighted by Crippen LogP contribution is -2.42. The van der Waals surface area contributed by atoms with Crippen LogP contribution in [0.4, 0.5) is 10.6 Å². The second-order valence-corrected chi connectivity index (χ2v) is 9.08. The average Bonchev–Trinajstić information content (AvgIpc) is 3.44. The zero-order valence-electron chi connectivity index (χ0n) is 20.1. The number of imidazole rings is 1. The molecule has 7 heteroatoms. The number of rotatable bonds is 7. The van der Waals surface area contributed by atoms with Crippen LogP contribution in [0.2, 0.25) is 0 Å². The Morgan fingerprint density at radius 1 is 1.03 bits per heavy atom. The lowest BCUT2D eigenvalue weighted by Gasteiger charge is -2.21. The molecule has 5 rings (SSSR count). The van der Waals surface area contributed by atoms with Gasteiger partial charge in [0, 0.05) is 44.4 Å². The van der Waals surface area contributed by atoms with Gasteiger partial charge in [-0.15, -0.1) is 0 Å².